The normalized spacial score (nSPS) is 29.9. The Morgan fingerprint density at radius 3 is 2.64 bits per heavy atom. The van der Waals surface area contributed by atoms with Crippen LogP contribution < -0.4 is 16.0 Å². The minimum absolute atomic E-state index is 0.698. The van der Waals surface area contributed by atoms with Crippen LogP contribution in [0.4, 0.5) is 11.4 Å². The van der Waals surface area contributed by atoms with E-state index in [9.17, 15) is 0 Å². The van der Waals surface area contributed by atoms with Crippen molar-refractivity contribution >= 4 is 11.4 Å². The summed E-state index contributed by atoms with van der Waals surface area (Å²) in [6, 6.07) is 9.61. The molecular weight excluding hydrogens is 174 g/mol. The Morgan fingerprint density at radius 1 is 1.29 bits per heavy atom. The van der Waals surface area contributed by atoms with Gasteiger partial charge in [-0.1, -0.05) is 0 Å². The van der Waals surface area contributed by atoms with Crippen LogP contribution in [-0.4, -0.2) is 25.2 Å². The van der Waals surface area contributed by atoms with Crippen LogP contribution in [0, 0.1) is 0 Å². The molecule has 1 aromatic carbocycles. The number of fused-ring (bicyclic) bond motifs is 2. The molecule has 2 saturated heterocycles. The predicted octanol–water partition coefficient (Wildman–Crippen LogP) is 0.819. The predicted molar refractivity (Wildman–Crippen MR) is 58.4 cm³/mol. The van der Waals surface area contributed by atoms with Crippen molar-refractivity contribution in [1.82, 2.24) is 5.32 Å². The van der Waals surface area contributed by atoms with Crippen molar-refractivity contribution in [3.05, 3.63) is 24.3 Å². The van der Waals surface area contributed by atoms with Crippen LogP contribution in [0.1, 0.15) is 6.42 Å². The summed E-state index contributed by atoms with van der Waals surface area (Å²) in [5, 5.41) is 3.50. The van der Waals surface area contributed by atoms with Crippen molar-refractivity contribution in [3.63, 3.8) is 0 Å². The molecule has 2 bridgehead atoms. The van der Waals surface area contributed by atoms with Crippen LogP contribution in [0.25, 0.3) is 0 Å². The van der Waals surface area contributed by atoms with Gasteiger partial charge in [0.25, 0.3) is 0 Å². The summed E-state index contributed by atoms with van der Waals surface area (Å²) in [5.74, 6) is 0. The first kappa shape index (κ1) is 8.12. The smallest absolute Gasteiger partial charge is 0.0430 e. The molecule has 0 spiro atoms. The first-order chi connectivity index (χ1) is 6.83. The van der Waals surface area contributed by atoms with E-state index in [0.717, 1.165) is 18.8 Å². The molecule has 0 unspecified atom stereocenters. The van der Waals surface area contributed by atoms with Gasteiger partial charge in [0.05, 0.1) is 0 Å². The van der Waals surface area contributed by atoms with Crippen molar-refractivity contribution in [2.75, 3.05) is 23.7 Å². The highest BCUT2D eigenvalue weighted by molar-refractivity contribution is 5.55. The summed E-state index contributed by atoms with van der Waals surface area (Å²) in [4.78, 5) is 2.49. The number of hydrogen-bond acceptors (Lipinski definition) is 3. The number of nitrogen functional groups attached to an aromatic ring is 1. The molecule has 3 rings (SSSR count). The van der Waals surface area contributed by atoms with E-state index in [1.165, 1.54) is 12.1 Å². The highest BCUT2D eigenvalue weighted by Crippen LogP contribution is 2.29. The van der Waals surface area contributed by atoms with Gasteiger partial charge in [-0.2, -0.15) is 0 Å². The number of nitrogens with zero attached hydrogens (tertiary/aromatic N) is 1. The van der Waals surface area contributed by atoms with E-state index in [0.29, 0.717) is 12.1 Å². The zero-order valence-electron chi connectivity index (χ0n) is 8.11. The van der Waals surface area contributed by atoms with E-state index in [4.69, 9.17) is 5.73 Å². The summed E-state index contributed by atoms with van der Waals surface area (Å²) >= 11 is 0. The molecule has 3 heteroatoms. The van der Waals surface area contributed by atoms with E-state index in [1.807, 2.05) is 12.1 Å². The molecule has 0 aromatic heterocycles. The molecule has 2 atom stereocenters. The average Bonchev–Trinajstić information content (AvgIpc) is 2.80. The monoisotopic (exact) mass is 189 g/mol. The van der Waals surface area contributed by atoms with Gasteiger partial charge in [0.2, 0.25) is 0 Å². The van der Waals surface area contributed by atoms with Crippen molar-refractivity contribution < 1.29 is 0 Å². The Hall–Kier alpha value is -1.22. The lowest BCUT2D eigenvalue weighted by molar-refractivity contribution is 0.580. The van der Waals surface area contributed by atoms with E-state index < -0.39 is 0 Å². The molecule has 2 heterocycles. The average molecular weight is 189 g/mol. The number of piperazine rings is 1. The van der Waals surface area contributed by atoms with Gasteiger partial charge in [-0.05, 0) is 30.7 Å². The van der Waals surface area contributed by atoms with E-state index in [-0.39, 0.29) is 0 Å². The Kier molecular flexibility index (Phi) is 1.67. The molecule has 2 aliphatic rings. The summed E-state index contributed by atoms with van der Waals surface area (Å²) in [5.41, 5.74) is 7.83. The molecule has 0 amide bonds. The van der Waals surface area contributed by atoms with E-state index >= 15 is 0 Å². The van der Waals surface area contributed by atoms with Crippen molar-refractivity contribution in [2.24, 2.45) is 0 Å². The lowest BCUT2D eigenvalue weighted by Gasteiger charge is -2.29. The Bertz CT molecular complexity index is 333. The maximum Gasteiger partial charge on any atom is 0.0430 e. The molecule has 3 N–H and O–H groups in total. The van der Waals surface area contributed by atoms with Gasteiger partial charge in [0.15, 0.2) is 0 Å². The fraction of sp³-hybridized carbons (Fsp3) is 0.455. The minimum atomic E-state index is 0.698. The second-order valence-electron chi connectivity index (χ2n) is 4.24. The molecule has 14 heavy (non-hydrogen) atoms. The summed E-state index contributed by atoms with van der Waals surface area (Å²) in [6.07, 6.45) is 1.30. The summed E-state index contributed by atoms with van der Waals surface area (Å²) in [6.45, 7) is 2.28. The van der Waals surface area contributed by atoms with Crippen molar-refractivity contribution in [1.29, 1.82) is 0 Å². The van der Waals surface area contributed by atoms with Crippen molar-refractivity contribution in [2.45, 2.75) is 18.5 Å². The third-order valence-electron chi connectivity index (χ3n) is 3.28. The van der Waals surface area contributed by atoms with Gasteiger partial charge in [-0.25, -0.2) is 0 Å². The maximum absolute atomic E-state index is 5.67. The molecule has 3 nitrogen and oxygen atoms in total. The zero-order valence-corrected chi connectivity index (χ0v) is 8.11. The topological polar surface area (TPSA) is 41.3 Å². The quantitative estimate of drug-likeness (QED) is 0.643. The van der Waals surface area contributed by atoms with Gasteiger partial charge >= 0.3 is 0 Å². The van der Waals surface area contributed by atoms with E-state index in [1.54, 1.807) is 0 Å². The Balaban J connectivity index is 1.86. The fourth-order valence-electron chi connectivity index (χ4n) is 2.54. The van der Waals surface area contributed by atoms with Crippen LogP contribution >= 0.6 is 0 Å². The molecule has 0 aliphatic carbocycles. The number of benzene rings is 1. The van der Waals surface area contributed by atoms with Gasteiger partial charge in [-0.3, -0.25) is 0 Å². The summed E-state index contributed by atoms with van der Waals surface area (Å²) in [7, 11) is 0. The number of nitrogens with two attached hydrogens (primary N) is 1. The maximum atomic E-state index is 5.67. The number of anilines is 2. The van der Waals surface area contributed by atoms with Gasteiger partial charge in [0, 0.05) is 36.5 Å². The van der Waals surface area contributed by atoms with Crippen molar-refractivity contribution in [3.8, 4) is 0 Å². The highest BCUT2D eigenvalue weighted by Gasteiger charge is 2.37. The standard InChI is InChI=1S/C11H15N3/c12-8-1-3-10(4-2-8)14-7-9-5-11(14)6-13-9/h1-4,9,11,13H,5-7,12H2/t9-,11-/m0/s1. The molecule has 0 radical (unpaired) electrons. The SMILES string of the molecule is Nc1ccc(N2C[C@@H]3C[C@H]2CN3)cc1. The number of rotatable bonds is 1. The summed E-state index contributed by atoms with van der Waals surface area (Å²) < 4.78 is 0. The van der Waals surface area contributed by atoms with Crippen LogP contribution in [0.5, 0.6) is 0 Å². The zero-order chi connectivity index (χ0) is 9.54. The number of nitrogens with one attached hydrogen (secondary N) is 1. The Labute approximate surface area is 83.9 Å². The first-order valence-electron chi connectivity index (χ1n) is 5.18. The second-order valence-corrected chi connectivity index (χ2v) is 4.24. The molecule has 2 aliphatic heterocycles. The molecule has 2 fully saturated rings. The third kappa shape index (κ3) is 1.16. The van der Waals surface area contributed by atoms with Gasteiger partial charge in [0.1, 0.15) is 0 Å². The lowest BCUT2D eigenvalue weighted by atomic mass is 10.2. The molecule has 74 valence electrons. The third-order valence-corrected chi connectivity index (χ3v) is 3.28. The van der Waals surface area contributed by atoms with Crippen LogP contribution in [0.3, 0.4) is 0 Å². The van der Waals surface area contributed by atoms with Crippen LogP contribution in [0.2, 0.25) is 0 Å². The first-order valence-corrected chi connectivity index (χ1v) is 5.18. The second kappa shape index (κ2) is 2.89. The Morgan fingerprint density at radius 2 is 2.07 bits per heavy atom. The largest absolute Gasteiger partial charge is 0.399 e. The van der Waals surface area contributed by atoms with Gasteiger partial charge in [-0.15, -0.1) is 0 Å². The van der Waals surface area contributed by atoms with Crippen LogP contribution in [-0.2, 0) is 0 Å². The highest BCUT2D eigenvalue weighted by atomic mass is 15.3. The van der Waals surface area contributed by atoms with Gasteiger partial charge < -0.3 is 16.0 Å². The lowest BCUT2D eigenvalue weighted by Crippen LogP contribution is -2.43. The minimum Gasteiger partial charge on any atom is -0.399 e. The van der Waals surface area contributed by atoms with E-state index in [2.05, 4.69) is 22.3 Å². The molecule has 1 aromatic rings. The molecule has 0 saturated carbocycles. The number of hydrogen-bond donors (Lipinski definition) is 2. The van der Waals surface area contributed by atoms with Crippen LogP contribution in [0.15, 0.2) is 24.3 Å². The molecular formula is C11H15N3. The fourth-order valence-corrected chi connectivity index (χ4v) is 2.54.